The molecule has 0 aromatic carbocycles. The van der Waals surface area contributed by atoms with Gasteiger partial charge in [-0.05, 0) is 12.2 Å². The summed E-state index contributed by atoms with van der Waals surface area (Å²) in [5.74, 6) is -3.65. The van der Waals surface area contributed by atoms with Crippen molar-refractivity contribution >= 4 is 24.1 Å². The zero-order chi connectivity index (χ0) is 12.0. The van der Waals surface area contributed by atoms with E-state index in [9.17, 15) is 0 Å². The molecular formula is C10H9NO5. The predicted octanol–water partition coefficient (Wildman–Crippen LogP) is 1.14. The number of carboxylic acids is 2. The minimum atomic E-state index is -1.82. The van der Waals surface area contributed by atoms with Gasteiger partial charge in [0.25, 0.3) is 0 Å². The largest absolute Gasteiger partial charge is 0.473 e. The van der Waals surface area contributed by atoms with Crippen molar-refractivity contribution in [3.8, 4) is 0 Å². The van der Waals surface area contributed by atoms with Gasteiger partial charge >= 0.3 is 11.9 Å². The number of hydrogen-bond acceptors (Lipinski definition) is 3. The lowest BCUT2D eigenvalue weighted by molar-refractivity contribution is -0.159. The van der Waals surface area contributed by atoms with Crippen LogP contribution in [0.2, 0.25) is 0 Å². The third-order valence-corrected chi connectivity index (χ3v) is 1.65. The van der Waals surface area contributed by atoms with Crippen LogP contribution in [0.4, 0.5) is 0 Å². The quantitative estimate of drug-likeness (QED) is 0.573. The summed E-state index contributed by atoms with van der Waals surface area (Å²) in [4.78, 5) is 21.2. The van der Waals surface area contributed by atoms with Gasteiger partial charge in [0.05, 0.1) is 12.5 Å². The third kappa shape index (κ3) is 3.33. The van der Waals surface area contributed by atoms with Crippen LogP contribution in [0.5, 0.6) is 0 Å². The standard InChI is InChI=1S/C8H7NO.C2H2O4/c1-3-10-4-2-8-6-9-5-7(1)8;3-1(4)2(5)6/h1-6,9H;(H,3,4)(H,5,6). The molecule has 1 aromatic heterocycles. The Labute approximate surface area is 90.5 Å². The van der Waals surface area contributed by atoms with Gasteiger partial charge in [-0.3, -0.25) is 0 Å². The van der Waals surface area contributed by atoms with Gasteiger partial charge in [0.2, 0.25) is 0 Å². The van der Waals surface area contributed by atoms with Crippen LogP contribution in [0.25, 0.3) is 12.2 Å². The Kier molecular flexibility index (Phi) is 3.90. The van der Waals surface area contributed by atoms with Gasteiger partial charge in [-0.25, -0.2) is 9.59 Å². The van der Waals surface area contributed by atoms with Crippen LogP contribution < -0.4 is 0 Å². The highest BCUT2D eigenvalue weighted by atomic mass is 16.5. The summed E-state index contributed by atoms with van der Waals surface area (Å²) in [6.07, 6.45) is 11.0. The van der Waals surface area contributed by atoms with Crippen molar-refractivity contribution in [3.05, 3.63) is 36.0 Å². The van der Waals surface area contributed by atoms with Crippen molar-refractivity contribution in [1.29, 1.82) is 0 Å². The van der Waals surface area contributed by atoms with Crippen LogP contribution in [0.15, 0.2) is 24.9 Å². The molecule has 6 nitrogen and oxygen atoms in total. The van der Waals surface area contributed by atoms with Crippen LogP contribution in [-0.2, 0) is 14.3 Å². The summed E-state index contributed by atoms with van der Waals surface area (Å²) in [5.41, 5.74) is 2.32. The Bertz CT molecular complexity index is 405. The van der Waals surface area contributed by atoms with Gasteiger partial charge in [-0.15, -0.1) is 0 Å². The normalized spacial score (nSPS) is 11.5. The number of H-pyrrole nitrogens is 1. The maximum absolute atomic E-state index is 9.10. The second-order valence-electron chi connectivity index (χ2n) is 2.72. The topological polar surface area (TPSA) is 99.6 Å². The summed E-state index contributed by atoms with van der Waals surface area (Å²) in [5, 5.41) is 14.8. The Balaban J connectivity index is 0.000000187. The van der Waals surface area contributed by atoms with Crippen LogP contribution >= 0.6 is 0 Å². The first-order valence-electron chi connectivity index (χ1n) is 4.23. The fourth-order valence-electron chi connectivity index (χ4n) is 0.947. The number of fused-ring (bicyclic) bond motifs is 1. The molecular weight excluding hydrogens is 214 g/mol. The first-order valence-corrected chi connectivity index (χ1v) is 4.23. The fraction of sp³-hybridized carbons (Fsp3) is 0. The third-order valence-electron chi connectivity index (χ3n) is 1.65. The highest BCUT2D eigenvalue weighted by molar-refractivity contribution is 6.27. The van der Waals surface area contributed by atoms with Crippen LogP contribution in [-0.4, -0.2) is 27.1 Å². The average molecular weight is 223 g/mol. The molecule has 0 radical (unpaired) electrons. The zero-order valence-corrected chi connectivity index (χ0v) is 8.08. The Morgan fingerprint density at radius 2 is 1.44 bits per heavy atom. The smallest absolute Gasteiger partial charge is 0.414 e. The molecule has 0 unspecified atom stereocenters. The number of carbonyl (C=O) groups is 2. The summed E-state index contributed by atoms with van der Waals surface area (Å²) in [6.45, 7) is 0. The van der Waals surface area contributed by atoms with Gasteiger partial charge in [0, 0.05) is 23.5 Å². The second-order valence-corrected chi connectivity index (χ2v) is 2.72. The van der Waals surface area contributed by atoms with Crippen molar-refractivity contribution < 1.29 is 24.5 Å². The van der Waals surface area contributed by atoms with E-state index in [-0.39, 0.29) is 0 Å². The molecule has 0 fully saturated rings. The molecule has 0 saturated heterocycles. The Morgan fingerprint density at radius 3 is 1.81 bits per heavy atom. The van der Waals surface area contributed by atoms with Gasteiger partial charge in [0.15, 0.2) is 0 Å². The van der Waals surface area contributed by atoms with Crippen molar-refractivity contribution in [1.82, 2.24) is 4.98 Å². The summed E-state index contributed by atoms with van der Waals surface area (Å²) < 4.78 is 4.96. The minimum Gasteiger partial charge on any atom is -0.473 e. The van der Waals surface area contributed by atoms with Crippen molar-refractivity contribution in [2.24, 2.45) is 0 Å². The van der Waals surface area contributed by atoms with E-state index in [0.29, 0.717) is 0 Å². The minimum absolute atomic E-state index is 1.16. The van der Waals surface area contributed by atoms with Gasteiger partial charge in [-0.1, -0.05) is 0 Å². The van der Waals surface area contributed by atoms with Gasteiger partial charge < -0.3 is 19.9 Å². The molecule has 16 heavy (non-hydrogen) atoms. The van der Waals surface area contributed by atoms with Gasteiger partial charge in [0.1, 0.15) is 0 Å². The van der Waals surface area contributed by atoms with E-state index in [0.717, 1.165) is 11.1 Å². The number of ether oxygens (including phenoxy) is 1. The SMILES string of the molecule is C1=Cc2c[nH]cc2C=CO1.O=C(O)C(=O)O. The molecule has 0 aliphatic carbocycles. The van der Waals surface area contributed by atoms with Gasteiger partial charge in [-0.2, -0.15) is 0 Å². The number of nitrogens with one attached hydrogen (secondary N) is 1. The summed E-state index contributed by atoms with van der Waals surface area (Å²) >= 11 is 0. The number of hydrogen-bond donors (Lipinski definition) is 3. The molecule has 2 rings (SSSR count). The summed E-state index contributed by atoms with van der Waals surface area (Å²) in [7, 11) is 0. The molecule has 0 spiro atoms. The number of aromatic amines is 1. The molecule has 1 aromatic rings. The lowest BCUT2D eigenvalue weighted by atomic mass is 10.2. The molecule has 0 atom stereocenters. The van der Waals surface area contributed by atoms with E-state index in [4.69, 9.17) is 24.5 Å². The maximum Gasteiger partial charge on any atom is 0.414 e. The number of carboxylic acid groups (broad SMARTS) is 2. The molecule has 2 heterocycles. The lowest BCUT2D eigenvalue weighted by Gasteiger charge is -1.82. The second kappa shape index (κ2) is 5.40. The lowest BCUT2D eigenvalue weighted by Crippen LogP contribution is -2.09. The van der Waals surface area contributed by atoms with Crippen molar-refractivity contribution in [2.75, 3.05) is 0 Å². The first-order chi connectivity index (χ1) is 7.61. The van der Waals surface area contributed by atoms with Crippen LogP contribution in [0.3, 0.4) is 0 Å². The monoisotopic (exact) mass is 223 g/mol. The molecule has 3 N–H and O–H groups in total. The molecule has 1 aliphatic heterocycles. The predicted molar refractivity (Wildman–Crippen MR) is 55.2 cm³/mol. The van der Waals surface area contributed by atoms with E-state index in [1.807, 2.05) is 24.5 Å². The zero-order valence-electron chi connectivity index (χ0n) is 8.08. The maximum atomic E-state index is 9.10. The van der Waals surface area contributed by atoms with Crippen LogP contribution in [0.1, 0.15) is 11.1 Å². The first kappa shape index (κ1) is 11.6. The number of aliphatic carboxylic acids is 2. The Morgan fingerprint density at radius 1 is 1.00 bits per heavy atom. The average Bonchev–Trinajstić information content (AvgIpc) is 2.56. The highest BCUT2D eigenvalue weighted by Crippen LogP contribution is 2.14. The molecule has 1 aliphatic rings. The van der Waals surface area contributed by atoms with Crippen LogP contribution in [0, 0.1) is 0 Å². The van der Waals surface area contributed by atoms with Crippen molar-refractivity contribution in [2.45, 2.75) is 0 Å². The highest BCUT2D eigenvalue weighted by Gasteiger charge is 2.04. The molecule has 0 saturated carbocycles. The van der Waals surface area contributed by atoms with Crippen molar-refractivity contribution in [3.63, 3.8) is 0 Å². The Hall–Kier alpha value is -2.50. The molecule has 0 bridgehead atoms. The molecule has 84 valence electrons. The molecule has 0 amide bonds. The van der Waals surface area contributed by atoms with E-state index < -0.39 is 11.9 Å². The fourth-order valence-corrected chi connectivity index (χ4v) is 0.947. The van der Waals surface area contributed by atoms with E-state index in [1.54, 1.807) is 12.5 Å². The number of rotatable bonds is 0. The van der Waals surface area contributed by atoms with E-state index in [1.165, 1.54) is 0 Å². The van der Waals surface area contributed by atoms with E-state index >= 15 is 0 Å². The number of aromatic nitrogens is 1. The van der Waals surface area contributed by atoms with E-state index in [2.05, 4.69) is 4.98 Å². The molecule has 6 heteroatoms. The summed E-state index contributed by atoms with van der Waals surface area (Å²) in [6, 6.07) is 0.